The van der Waals surface area contributed by atoms with E-state index in [1.807, 2.05) is 13.0 Å². The van der Waals surface area contributed by atoms with E-state index in [2.05, 4.69) is 15.1 Å². The first-order valence-corrected chi connectivity index (χ1v) is 4.25. The van der Waals surface area contributed by atoms with Crippen LogP contribution in [0, 0.1) is 6.92 Å². The molecule has 0 spiro atoms. The van der Waals surface area contributed by atoms with Gasteiger partial charge in [0.2, 0.25) is 0 Å². The van der Waals surface area contributed by atoms with Crippen LogP contribution in [0.2, 0.25) is 0 Å². The molecule has 2 rings (SSSR count). The lowest BCUT2D eigenvalue weighted by molar-refractivity contribution is 0.0690. The van der Waals surface area contributed by atoms with Gasteiger partial charge in [-0.3, -0.25) is 0 Å². The molecule has 0 fully saturated rings. The van der Waals surface area contributed by atoms with Crippen molar-refractivity contribution in [1.82, 2.24) is 19.7 Å². The predicted octanol–water partition coefficient (Wildman–Crippen LogP) is 0.669. The fourth-order valence-corrected chi connectivity index (χ4v) is 1.19. The van der Waals surface area contributed by atoms with E-state index in [1.165, 1.54) is 12.4 Å². The van der Waals surface area contributed by atoms with Gasteiger partial charge < -0.3 is 5.11 Å². The average Bonchev–Trinajstić information content (AvgIpc) is 2.64. The van der Waals surface area contributed by atoms with E-state index in [4.69, 9.17) is 5.11 Å². The largest absolute Gasteiger partial charge is 0.477 e. The first kappa shape index (κ1) is 9.32. The summed E-state index contributed by atoms with van der Waals surface area (Å²) < 4.78 is 1.55. The number of carbonyl (C=O) groups is 1. The van der Waals surface area contributed by atoms with E-state index >= 15 is 0 Å². The quantitative estimate of drug-likeness (QED) is 0.777. The van der Waals surface area contributed by atoms with Crippen LogP contribution < -0.4 is 0 Å². The Morgan fingerprint density at radius 1 is 1.47 bits per heavy atom. The van der Waals surface area contributed by atoms with Crippen molar-refractivity contribution in [3.63, 3.8) is 0 Å². The van der Waals surface area contributed by atoms with Crippen molar-refractivity contribution < 1.29 is 9.90 Å². The van der Waals surface area contributed by atoms with E-state index in [0.29, 0.717) is 5.82 Å². The van der Waals surface area contributed by atoms with Crippen LogP contribution in [0.5, 0.6) is 0 Å². The molecular weight excluding hydrogens is 196 g/mol. The SMILES string of the molecule is Cc1ccnn1-c1cc(C(=O)O)ncn1. The Morgan fingerprint density at radius 2 is 2.27 bits per heavy atom. The van der Waals surface area contributed by atoms with Crippen LogP contribution in [-0.4, -0.2) is 30.8 Å². The van der Waals surface area contributed by atoms with Crippen molar-refractivity contribution in [3.05, 3.63) is 36.0 Å². The highest BCUT2D eigenvalue weighted by Crippen LogP contribution is 2.07. The van der Waals surface area contributed by atoms with Gasteiger partial charge in [0.1, 0.15) is 6.33 Å². The predicted molar refractivity (Wildman–Crippen MR) is 50.9 cm³/mol. The van der Waals surface area contributed by atoms with Crippen LogP contribution in [0.15, 0.2) is 24.7 Å². The number of carboxylic acid groups (broad SMARTS) is 1. The van der Waals surface area contributed by atoms with Gasteiger partial charge in [0, 0.05) is 18.0 Å². The van der Waals surface area contributed by atoms with E-state index in [9.17, 15) is 4.79 Å². The van der Waals surface area contributed by atoms with Crippen LogP contribution in [0.4, 0.5) is 0 Å². The van der Waals surface area contributed by atoms with Gasteiger partial charge in [-0.1, -0.05) is 0 Å². The van der Waals surface area contributed by atoms with E-state index in [0.717, 1.165) is 5.69 Å². The molecule has 2 aromatic heterocycles. The lowest BCUT2D eigenvalue weighted by atomic mass is 10.4. The monoisotopic (exact) mass is 204 g/mol. The molecule has 2 aromatic rings. The maximum absolute atomic E-state index is 10.7. The van der Waals surface area contributed by atoms with Crippen LogP contribution >= 0.6 is 0 Å². The molecule has 15 heavy (non-hydrogen) atoms. The molecule has 0 radical (unpaired) electrons. The molecule has 0 unspecified atom stereocenters. The summed E-state index contributed by atoms with van der Waals surface area (Å²) in [5.74, 6) is -0.631. The average molecular weight is 204 g/mol. The van der Waals surface area contributed by atoms with Crippen LogP contribution in [0.3, 0.4) is 0 Å². The molecule has 1 N–H and O–H groups in total. The molecule has 6 nitrogen and oxygen atoms in total. The first-order valence-electron chi connectivity index (χ1n) is 4.25. The molecule has 0 aliphatic carbocycles. The van der Waals surface area contributed by atoms with E-state index in [-0.39, 0.29) is 5.69 Å². The molecule has 76 valence electrons. The summed E-state index contributed by atoms with van der Waals surface area (Å²) in [6, 6.07) is 3.19. The van der Waals surface area contributed by atoms with Gasteiger partial charge in [0.25, 0.3) is 0 Å². The summed E-state index contributed by atoms with van der Waals surface area (Å²) in [6.45, 7) is 1.86. The molecule has 0 saturated carbocycles. The zero-order chi connectivity index (χ0) is 10.8. The Bertz CT molecular complexity index is 506. The minimum absolute atomic E-state index is 0.0464. The molecular formula is C9H8N4O2. The number of hydrogen-bond donors (Lipinski definition) is 1. The van der Waals surface area contributed by atoms with Crippen LogP contribution in [-0.2, 0) is 0 Å². The molecule has 0 amide bonds. The van der Waals surface area contributed by atoms with Gasteiger partial charge >= 0.3 is 5.97 Å². The van der Waals surface area contributed by atoms with Gasteiger partial charge in [-0.15, -0.1) is 0 Å². The summed E-state index contributed by atoms with van der Waals surface area (Å²) in [5, 5.41) is 12.8. The van der Waals surface area contributed by atoms with Crippen molar-refractivity contribution in [2.24, 2.45) is 0 Å². The highest BCUT2D eigenvalue weighted by atomic mass is 16.4. The summed E-state index contributed by atoms with van der Waals surface area (Å²) >= 11 is 0. The zero-order valence-corrected chi connectivity index (χ0v) is 7.95. The van der Waals surface area contributed by atoms with Crippen LogP contribution in [0.25, 0.3) is 5.82 Å². The second kappa shape index (κ2) is 3.49. The minimum Gasteiger partial charge on any atom is -0.477 e. The molecule has 6 heteroatoms. The molecule has 0 aliphatic rings. The third-order valence-electron chi connectivity index (χ3n) is 1.92. The van der Waals surface area contributed by atoms with Crippen LogP contribution in [0.1, 0.15) is 16.2 Å². The Morgan fingerprint density at radius 3 is 2.87 bits per heavy atom. The number of aromatic carboxylic acids is 1. The third kappa shape index (κ3) is 1.69. The smallest absolute Gasteiger partial charge is 0.354 e. The van der Waals surface area contributed by atoms with E-state index < -0.39 is 5.97 Å². The second-order valence-corrected chi connectivity index (χ2v) is 2.95. The van der Waals surface area contributed by atoms with Crippen molar-refractivity contribution in [2.75, 3.05) is 0 Å². The summed E-state index contributed by atoms with van der Waals surface area (Å²) in [5.41, 5.74) is 0.833. The standard InChI is InChI=1S/C9H8N4O2/c1-6-2-3-12-13(6)8-4-7(9(14)15)10-5-11-8/h2-5H,1H3,(H,14,15). The highest BCUT2D eigenvalue weighted by molar-refractivity contribution is 5.85. The lowest BCUT2D eigenvalue weighted by Crippen LogP contribution is -2.06. The first-order chi connectivity index (χ1) is 7.18. The summed E-state index contributed by atoms with van der Waals surface area (Å²) in [4.78, 5) is 18.3. The number of rotatable bonds is 2. The molecule has 0 atom stereocenters. The van der Waals surface area contributed by atoms with Gasteiger partial charge in [-0.2, -0.15) is 5.10 Å². The Balaban J connectivity index is 2.50. The number of hydrogen-bond acceptors (Lipinski definition) is 4. The van der Waals surface area contributed by atoms with Gasteiger partial charge in [-0.05, 0) is 13.0 Å². The van der Waals surface area contributed by atoms with Gasteiger partial charge in [-0.25, -0.2) is 19.4 Å². The van der Waals surface area contributed by atoms with Gasteiger partial charge in [0.05, 0.1) is 0 Å². The second-order valence-electron chi connectivity index (χ2n) is 2.95. The van der Waals surface area contributed by atoms with Gasteiger partial charge in [0.15, 0.2) is 11.5 Å². The summed E-state index contributed by atoms with van der Waals surface area (Å²) in [7, 11) is 0. The topological polar surface area (TPSA) is 80.9 Å². The number of aromatic nitrogens is 4. The van der Waals surface area contributed by atoms with Crippen molar-refractivity contribution in [1.29, 1.82) is 0 Å². The maximum atomic E-state index is 10.7. The van der Waals surface area contributed by atoms with Crippen molar-refractivity contribution in [2.45, 2.75) is 6.92 Å². The highest BCUT2D eigenvalue weighted by Gasteiger charge is 2.08. The fraction of sp³-hybridized carbons (Fsp3) is 0.111. The Labute approximate surface area is 85.2 Å². The fourth-order valence-electron chi connectivity index (χ4n) is 1.19. The molecule has 0 bridgehead atoms. The maximum Gasteiger partial charge on any atom is 0.354 e. The molecule has 2 heterocycles. The van der Waals surface area contributed by atoms with Crippen molar-refractivity contribution >= 4 is 5.97 Å². The Kier molecular flexibility index (Phi) is 2.17. The van der Waals surface area contributed by atoms with E-state index in [1.54, 1.807) is 10.9 Å². The number of carboxylic acids is 1. The normalized spacial score (nSPS) is 10.2. The molecule has 0 saturated heterocycles. The molecule has 0 aromatic carbocycles. The summed E-state index contributed by atoms with van der Waals surface area (Å²) in [6.07, 6.45) is 2.83. The molecule has 0 aliphatic heterocycles. The Hall–Kier alpha value is -2.24. The number of aryl methyl sites for hydroxylation is 1. The lowest BCUT2D eigenvalue weighted by Gasteiger charge is -2.02. The zero-order valence-electron chi connectivity index (χ0n) is 7.95. The number of nitrogens with zero attached hydrogens (tertiary/aromatic N) is 4. The van der Waals surface area contributed by atoms with Crippen molar-refractivity contribution in [3.8, 4) is 5.82 Å². The minimum atomic E-state index is -1.08. The third-order valence-corrected chi connectivity index (χ3v) is 1.92.